The fraction of sp³-hybridized carbons (Fsp3) is 0.550. The van der Waals surface area contributed by atoms with Crippen molar-refractivity contribution in [2.75, 3.05) is 19.7 Å². The number of rotatable bonds is 11. The van der Waals surface area contributed by atoms with Crippen LogP contribution in [0.15, 0.2) is 40.8 Å². The summed E-state index contributed by atoms with van der Waals surface area (Å²) in [5.74, 6) is 0.289. The Hall–Kier alpha value is -1.86. The topological polar surface area (TPSA) is 84.5 Å². The molecule has 1 aromatic rings. The maximum Gasteiger partial charge on any atom is 0.257 e. The Balaban J connectivity index is 1.72. The van der Waals surface area contributed by atoms with Crippen molar-refractivity contribution in [2.24, 2.45) is 0 Å². The summed E-state index contributed by atoms with van der Waals surface area (Å²) in [4.78, 5) is 12.1. The largest absolute Gasteiger partial charge is 0.484 e. The summed E-state index contributed by atoms with van der Waals surface area (Å²) in [6.07, 6.45) is 9.67. The fourth-order valence-corrected chi connectivity index (χ4v) is 3.95. The van der Waals surface area contributed by atoms with E-state index in [1.165, 1.54) is 30.5 Å². The Morgan fingerprint density at radius 2 is 1.93 bits per heavy atom. The number of allylic oxidation sites excluding steroid dienone is 1. The minimum absolute atomic E-state index is 0.0834. The molecular weight excluding hydrogens is 364 g/mol. The van der Waals surface area contributed by atoms with Crippen LogP contribution in [0.4, 0.5) is 0 Å². The summed E-state index contributed by atoms with van der Waals surface area (Å²) in [7, 11) is -3.49. The van der Waals surface area contributed by atoms with Gasteiger partial charge in [-0.3, -0.25) is 4.79 Å². The van der Waals surface area contributed by atoms with Crippen LogP contribution in [-0.2, 0) is 14.8 Å². The first-order chi connectivity index (χ1) is 13.0. The van der Waals surface area contributed by atoms with E-state index in [4.69, 9.17) is 4.74 Å². The van der Waals surface area contributed by atoms with E-state index in [1.54, 1.807) is 12.1 Å². The molecule has 0 radical (unpaired) electrons. The van der Waals surface area contributed by atoms with Crippen molar-refractivity contribution >= 4 is 15.9 Å². The van der Waals surface area contributed by atoms with Crippen LogP contribution in [0.2, 0.25) is 0 Å². The first-order valence-electron chi connectivity index (χ1n) is 9.68. The quantitative estimate of drug-likeness (QED) is 0.446. The second-order valence-electron chi connectivity index (χ2n) is 6.72. The Kier molecular flexibility index (Phi) is 8.81. The van der Waals surface area contributed by atoms with Crippen LogP contribution in [0.25, 0.3) is 0 Å². The second-order valence-corrected chi connectivity index (χ2v) is 8.49. The maximum absolute atomic E-state index is 12.1. The zero-order valence-corrected chi connectivity index (χ0v) is 16.8. The lowest BCUT2D eigenvalue weighted by Crippen LogP contribution is -2.30. The third-order valence-corrected chi connectivity index (χ3v) is 5.96. The number of nitrogens with one attached hydrogen (secondary N) is 2. The van der Waals surface area contributed by atoms with Gasteiger partial charge in [0, 0.05) is 13.1 Å². The molecule has 1 aliphatic rings. The molecule has 150 valence electrons. The standard InChI is InChI=1S/C20H30N2O4S/c1-2-3-14-22-27(24,25)19-11-9-18(10-12-19)26-16-20(23)21-15-13-17-7-5-4-6-8-17/h7,9-12,22H,2-6,8,13-16H2,1H3,(H,21,23). The summed E-state index contributed by atoms with van der Waals surface area (Å²) >= 11 is 0. The lowest BCUT2D eigenvalue weighted by molar-refractivity contribution is -0.123. The molecule has 2 rings (SSSR count). The molecule has 6 nitrogen and oxygen atoms in total. The molecule has 0 fully saturated rings. The summed E-state index contributed by atoms with van der Waals surface area (Å²) in [5.41, 5.74) is 1.42. The zero-order chi connectivity index (χ0) is 19.5. The van der Waals surface area contributed by atoms with Crippen LogP contribution < -0.4 is 14.8 Å². The highest BCUT2D eigenvalue weighted by Gasteiger charge is 2.13. The zero-order valence-electron chi connectivity index (χ0n) is 16.0. The third-order valence-electron chi connectivity index (χ3n) is 4.48. The molecule has 0 aromatic heterocycles. The molecule has 0 unspecified atom stereocenters. The molecule has 0 heterocycles. The average molecular weight is 395 g/mol. The summed E-state index contributed by atoms with van der Waals surface area (Å²) in [6, 6.07) is 6.09. The van der Waals surface area contributed by atoms with Gasteiger partial charge in [0.15, 0.2) is 6.61 Å². The number of unbranched alkanes of at least 4 members (excludes halogenated alkanes) is 1. The highest BCUT2D eigenvalue weighted by atomic mass is 32.2. The molecular formula is C20H30N2O4S. The van der Waals surface area contributed by atoms with Gasteiger partial charge in [0.25, 0.3) is 5.91 Å². The molecule has 0 saturated carbocycles. The highest BCUT2D eigenvalue weighted by molar-refractivity contribution is 7.89. The van der Waals surface area contributed by atoms with Crippen LogP contribution in [-0.4, -0.2) is 34.0 Å². The van der Waals surface area contributed by atoms with Gasteiger partial charge in [-0.2, -0.15) is 0 Å². The fourth-order valence-electron chi connectivity index (χ4n) is 2.88. The Morgan fingerprint density at radius 1 is 1.15 bits per heavy atom. The normalized spacial score (nSPS) is 14.5. The van der Waals surface area contributed by atoms with E-state index in [-0.39, 0.29) is 17.4 Å². The van der Waals surface area contributed by atoms with Crippen molar-refractivity contribution in [1.82, 2.24) is 10.0 Å². The number of benzene rings is 1. The monoisotopic (exact) mass is 394 g/mol. The van der Waals surface area contributed by atoms with Crippen LogP contribution in [0, 0.1) is 0 Å². The van der Waals surface area contributed by atoms with Gasteiger partial charge in [-0.1, -0.05) is 25.0 Å². The number of carbonyl (C=O) groups excluding carboxylic acids is 1. The number of sulfonamides is 1. The maximum atomic E-state index is 12.1. The van der Waals surface area contributed by atoms with E-state index in [2.05, 4.69) is 16.1 Å². The van der Waals surface area contributed by atoms with E-state index >= 15 is 0 Å². The predicted molar refractivity (Wildman–Crippen MR) is 106 cm³/mol. The number of carbonyl (C=O) groups is 1. The van der Waals surface area contributed by atoms with Crippen molar-refractivity contribution in [3.8, 4) is 5.75 Å². The first kappa shape index (κ1) is 21.4. The Labute approximate surface area is 162 Å². The van der Waals surface area contributed by atoms with Crippen LogP contribution in [0.5, 0.6) is 5.75 Å². The van der Waals surface area contributed by atoms with E-state index in [0.717, 1.165) is 32.1 Å². The summed E-state index contributed by atoms with van der Waals surface area (Å²) < 4.78 is 32.2. The van der Waals surface area contributed by atoms with Gasteiger partial charge in [0.2, 0.25) is 10.0 Å². The number of ether oxygens (including phenoxy) is 1. The van der Waals surface area contributed by atoms with Gasteiger partial charge in [-0.15, -0.1) is 0 Å². The van der Waals surface area contributed by atoms with Crippen molar-refractivity contribution in [3.05, 3.63) is 35.9 Å². The van der Waals surface area contributed by atoms with E-state index in [9.17, 15) is 13.2 Å². The Morgan fingerprint density at radius 3 is 2.59 bits per heavy atom. The summed E-state index contributed by atoms with van der Waals surface area (Å²) in [5, 5.41) is 2.85. The molecule has 0 bridgehead atoms. The van der Waals surface area contributed by atoms with Crippen molar-refractivity contribution in [1.29, 1.82) is 0 Å². The lowest BCUT2D eigenvalue weighted by atomic mass is 9.97. The predicted octanol–water partition coefficient (Wildman–Crippen LogP) is 3.15. The van der Waals surface area contributed by atoms with Crippen molar-refractivity contribution < 1.29 is 17.9 Å². The molecule has 1 amide bonds. The molecule has 2 N–H and O–H groups in total. The van der Waals surface area contributed by atoms with Crippen molar-refractivity contribution in [3.63, 3.8) is 0 Å². The number of hydrogen-bond acceptors (Lipinski definition) is 4. The molecule has 0 aliphatic heterocycles. The minimum atomic E-state index is -3.49. The van der Waals surface area contributed by atoms with Gasteiger partial charge in [0.05, 0.1) is 4.90 Å². The average Bonchev–Trinajstić information content (AvgIpc) is 2.68. The van der Waals surface area contributed by atoms with E-state index in [0.29, 0.717) is 18.8 Å². The minimum Gasteiger partial charge on any atom is -0.484 e. The highest BCUT2D eigenvalue weighted by Crippen LogP contribution is 2.19. The van der Waals surface area contributed by atoms with Gasteiger partial charge in [0.1, 0.15) is 5.75 Å². The van der Waals surface area contributed by atoms with Gasteiger partial charge >= 0.3 is 0 Å². The molecule has 1 aliphatic carbocycles. The second kappa shape index (κ2) is 11.1. The van der Waals surface area contributed by atoms with E-state index in [1.807, 2.05) is 6.92 Å². The van der Waals surface area contributed by atoms with Crippen molar-refractivity contribution in [2.45, 2.75) is 56.8 Å². The van der Waals surface area contributed by atoms with Gasteiger partial charge < -0.3 is 10.1 Å². The van der Waals surface area contributed by atoms with E-state index < -0.39 is 10.0 Å². The van der Waals surface area contributed by atoms with Gasteiger partial charge in [-0.05, 0) is 62.8 Å². The van der Waals surface area contributed by atoms with Gasteiger partial charge in [-0.25, -0.2) is 13.1 Å². The molecule has 0 saturated heterocycles. The van der Waals surface area contributed by atoms with Crippen LogP contribution >= 0.6 is 0 Å². The lowest BCUT2D eigenvalue weighted by Gasteiger charge is -2.13. The number of hydrogen-bond donors (Lipinski definition) is 2. The molecule has 7 heteroatoms. The molecule has 0 atom stereocenters. The number of amides is 1. The first-order valence-corrected chi connectivity index (χ1v) is 11.2. The third kappa shape index (κ3) is 7.72. The smallest absolute Gasteiger partial charge is 0.257 e. The molecule has 1 aromatic carbocycles. The van der Waals surface area contributed by atoms with Crippen LogP contribution in [0.1, 0.15) is 51.9 Å². The molecule has 0 spiro atoms. The summed E-state index contributed by atoms with van der Waals surface area (Å²) in [6.45, 7) is 2.96. The SMILES string of the molecule is CCCCNS(=O)(=O)c1ccc(OCC(=O)NCCC2=CCCCC2)cc1. The molecule has 27 heavy (non-hydrogen) atoms. The van der Waals surface area contributed by atoms with Crippen LogP contribution in [0.3, 0.4) is 0 Å². The Bertz CT molecular complexity index is 727.